The molecule has 1 unspecified atom stereocenters. The van der Waals surface area contributed by atoms with Crippen molar-refractivity contribution in [2.75, 3.05) is 24.8 Å². The van der Waals surface area contributed by atoms with Gasteiger partial charge in [0, 0.05) is 18.7 Å². The predicted molar refractivity (Wildman–Crippen MR) is 63.4 cm³/mol. The van der Waals surface area contributed by atoms with Gasteiger partial charge in [-0.1, -0.05) is 0 Å². The summed E-state index contributed by atoms with van der Waals surface area (Å²) < 4.78 is 5.31. The van der Waals surface area contributed by atoms with Crippen LogP contribution >= 0.6 is 11.8 Å². The Labute approximate surface area is 94.8 Å². The minimum absolute atomic E-state index is 0.259. The van der Waals surface area contributed by atoms with E-state index in [4.69, 9.17) is 4.74 Å². The van der Waals surface area contributed by atoms with Crippen LogP contribution in [-0.2, 0) is 4.74 Å². The first-order valence-corrected chi connectivity index (χ1v) is 6.19. The maximum atomic E-state index is 5.31. The molecule has 84 valence electrons. The topological polar surface area (TPSA) is 47.0 Å². The fourth-order valence-electron chi connectivity index (χ4n) is 1.12. The van der Waals surface area contributed by atoms with Crippen LogP contribution in [0.25, 0.3) is 0 Å². The lowest BCUT2D eigenvalue weighted by atomic mass is 10.3. The van der Waals surface area contributed by atoms with E-state index in [1.807, 2.05) is 19.2 Å². The minimum Gasteiger partial charge on any atom is -0.380 e. The van der Waals surface area contributed by atoms with Crippen LogP contribution in [0.4, 0.5) is 5.82 Å². The highest BCUT2D eigenvalue weighted by atomic mass is 32.2. The molecule has 0 bridgehead atoms. The van der Waals surface area contributed by atoms with Gasteiger partial charge in [-0.3, -0.25) is 0 Å². The maximum Gasteiger partial charge on any atom is 0.130 e. The Balaban J connectivity index is 2.48. The molecule has 1 aromatic rings. The number of nitrogens with zero attached hydrogens (tertiary/aromatic N) is 2. The van der Waals surface area contributed by atoms with Gasteiger partial charge in [-0.2, -0.15) is 0 Å². The summed E-state index contributed by atoms with van der Waals surface area (Å²) in [6.07, 6.45) is 3.57. The molecule has 1 heterocycles. The van der Waals surface area contributed by atoms with Crippen molar-refractivity contribution in [1.82, 2.24) is 9.97 Å². The van der Waals surface area contributed by atoms with Gasteiger partial charge in [0.15, 0.2) is 0 Å². The zero-order valence-electron chi connectivity index (χ0n) is 9.36. The molecular formula is C10H17N3OS. The van der Waals surface area contributed by atoms with Gasteiger partial charge in [0.1, 0.15) is 17.2 Å². The van der Waals surface area contributed by atoms with Crippen molar-refractivity contribution in [3.63, 3.8) is 0 Å². The first kappa shape index (κ1) is 12.3. The Kier molecular flexibility index (Phi) is 5.42. The van der Waals surface area contributed by atoms with E-state index in [0.29, 0.717) is 6.61 Å². The molecule has 0 aliphatic rings. The molecule has 15 heavy (non-hydrogen) atoms. The largest absolute Gasteiger partial charge is 0.380 e. The summed E-state index contributed by atoms with van der Waals surface area (Å²) >= 11 is 1.61. The molecule has 1 atom stereocenters. The number of ether oxygens (including phenoxy) is 1. The number of hydrogen-bond donors (Lipinski definition) is 1. The second kappa shape index (κ2) is 6.63. The molecule has 1 aromatic heterocycles. The van der Waals surface area contributed by atoms with Crippen molar-refractivity contribution >= 4 is 17.6 Å². The highest BCUT2D eigenvalue weighted by Gasteiger charge is 2.03. The van der Waals surface area contributed by atoms with Crippen molar-refractivity contribution < 1.29 is 4.74 Å². The average Bonchev–Trinajstić information content (AvgIpc) is 2.26. The Morgan fingerprint density at radius 1 is 1.53 bits per heavy atom. The molecule has 0 fully saturated rings. The SMILES string of the molecule is CCOCC(C)Nc1cc(SC)ncn1. The smallest absolute Gasteiger partial charge is 0.130 e. The summed E-state index contributed by atoms with van der Waals surface area (Å²) in [7, 11) is 0. The van der Waals surface area contributed by atoms with E-state index < -0.39 is 0 Å². The third kappa shape index (κ3) is 4.48. The van der Waals surface area contributed by atoms with Crippen molar-refractivity contribution in [2.24, 2.45) is 0 Å². The molecule has 5 heteroatoms. The summed E-state index contributed by atoms with van der Waals surface area (Å²) in [5, 5.41) is 4.23. The van der Waals surface area contributed by atoms with Crippen LogP contribution in [0.5, 0.6) is 0 Å². The highest BCUT2D eigenvalue weighted by molar-refractivity contribution is 7.98. The molecule has 0 aliphatic carbocycles. The van der Waals surface area contributed by atoms with Gasteiger partial charge in [0.05, 0.1) is 6.61 Å². The van der Waals surface area contributed by atoms with Gasteiger partial charge in [-0.05, 0) is 20.1 Å². The Hall–Kier alpha value is -0.810. The van der Waals surface area contributed by atoms with Crippen LogP contribution in [-0.4, -0.2) is 35.5 Å². The second-order valence-electron chi connectivity index (χ2n) is 3.15. The number of nitrogens with one attached hydrogen (secondary N) is 1. The molecule has 0 aliphatic heterocycles. The highest BCUT2D eigenvalue weighted by Crippen LogP contribution is 2.14. The van der Waals surface area contributed by atoms with Gasteiger partial charge in [0.25, 0.3) is 0 Å². The summed E-state index contributed by atoms with van der Waals surface area (Å²) in [5.74, 6) is 0.849. The summed E-state index contributed by atoms with van der Waals surface area (Å²) in [4.78, 5) is 8.25. The van der Waals surface area contributed by atoms with E-state index in [1.165, 1.54) is 0 Å². The zero-order chi connectivity index (χ0) is 11.1. The standard InChI is InChI=1S/C10H17N3OS/c1-4-14-6-8(2)13-9-5-10(15-3)12-7-11-9/h5,7-8H,4,6H2,1-3H3,(H,11,12,13). The molecule has 0 amide bonds. The van der Waals surface area contributed by atoms with Crippen molar-refractivity contribution in [2.45, 2.75) is 24.9 Å². The molecule has 0 saturated heterocycles. The van der Waals surface area contributed by atoms with Gasteiger partial charge in [0.2, 0.25) is 0 Å². The van der Waals surface area contributed by atoms with Crippen molar-refractivity contribution in [1.29, 1.82) is 0 Å². The molecule has 0 radical (unpaired) electrons. The van der Waals surface area contributed by atoms with Crippen molar-refractivity contribution in [3.05, 3.63) is 12.4 Å². The average molecular weight is 227 g/mol. The molecular weight excluding hydrogens is 210 g/mol. The lowest BCUT2D eigenvalue weighted by molar-refractivity contribution is 0.141. The zero-order valence-corrected chi connectivity index (χ0v) is 10.2. The molecule has 0 saturated carbocycles. The number of thioether (sulfide) groups is 1. The van der Waals surface area contributed by atoms with Crippen LogP contribution in [0.1, 0.15) is 13.8 Å². The fourth-order valence-corrected chi connectivity index (χ4v) is 1.50. The molecule has 0 spiro atoms. The van der Waals surface area contributed by atoms with Crippen molar-refractivity contribution in [3.8, 4) is 0 Å². The minimum atomic E-state index is 0.259. The monoisotopic (exact) mass is 227 g/mol. The number of anilines is 1. The van der Waals surface area contributed by atoms with Gasteiger partial charge in [-0.25, -0.2) is 9.97 Å². The molecule has 4 nitrogen and oxygen atoms in total. The number of rotatable bonds is 6. The Morgan fingerprint density at radius 3 is 3.00 bits per heavy atom. The van der Waals surface area contributed by atoms with Gasteiger partial charge in [-0.15, -0.1) is 11.8 Å². The molecule has 0 aromatic carbocycles. The van der Waals surface area contributed by atoms with E-state index >= 15 is 0 Å². The lowest BCUT2D eigenvalue weighted by Gasteiger charge is -2.14. The molecule has 1 rings (SSSR count). The number of aromatic nitrogens is 2. The molecule has 1 N–H and O–H groups in total. The fraction of sp³-hybridized carbons (Fsp3) is 0.600. The lowest BCUT2D eigenvalue weighted by Crippen LogP contribution is -2.22. The normalized spacial score (nSPS) is 12.5. The van der Waals surface area contributed by atoms with Crippen LogP contribution < -0.4 is 5.32 Å². The van der Waals surface area contributed by atoms with E-state index in [9.17, 15) is 0 Å². The third-order valence-corrected chi connectivity index (χ3v) is 2.46. The van der Waals surface area contributed by atoms with Crippen LogP contribution in [0.3, 0.4) is 0 Å². The van der Waals surface area contributed by atoms with Crippen LogP contribution in [0.2, 0.25) is 0 Å². The summed E-state index contributed by atoms with van der Waals surface area (Å²) in [6.45, 7) is 5.49. The second-order valence-corrected chi connectivity index (χ2v) is 3.98. The van der Waals surface area contributed by atoms with Gasteiger partial charge < -0.3 is 10.1 Å². The van der Waals surface area contributed by atoms with E-state index in [2.05, 4.69) is 22.2 Å². The van der Waals surface area contributed by atoms with E-state index in [0.717, 1.165) is 17.5 Å². The Bertz CT molecular complexity index is 296. The van der Waals surface area contributed by atoms with Crippen LogP contribution in [0.15, 0.2) is 17.4 Å². The first-order chi connectivity index (χ1) is 7.26. The summed E-state index contributed by atoms with van der Waals surface area (Å²) in [6, 6.07) is 2.20. The van der Waals surface area contributed by atoms with E-state index in [-0.39, 0.29) is 6.04 Å². The maximum absolute atomic E-state index is 5.31. The van der Waals surface area contributed by atoms with Gasteiger partial charge >= 0.3 is 0 Å². The number of hydrogen-bond acceptors (Lipinski definition) is 5. The third-order valence-electron chi connectivity index (χ3n) is 1.82. The first-order valence-electron chi connectivity index (χ1n) is 4.96. The Morgan fingerprint density at radius 2 is 2.33 bits per heavy atom. The quantitative estimate of drug-likeness (QED) is 0.595. The van der Waals surface area contributed by atoms with E-state index in [1.54, 1.807) is 18.1 Å². The predicted octanol–water partition coefficient (Wildman–Crippen LogP) is 2.04. The summed E-state index contributed by atoms with van der Waals surface area (Å²) in [5.41, 5.74) is 0. The van der Waals surface area contributed by atoms with Crippen LogP contribution in [0, 0.1) is 0 Å².